The van der Waals surface area contributed by atoms with Crippen LogP contribution in [0.4, 0.5) is 4.79 Å². The van der Waals surface area contributed by atoms with Gasteiger partial charge in [-0.25, -0.2) is 4.79 Å². The monoisotopic (exact) mass is 616 g/mol. The predicted octanol–water partition coefficient (Wildman–Crippen LogP) is 1.91. The van der Waals surface area contributed by atoms with Crippen LogP contribution in [-0.2, 0) is 28.6 Å². The molecule has 1 aliphatic heterocycles. The largest absolute Gasteiger partial charge is 0.439 e. The van der Waals surface area contributed by atoms with Crippen molar-refractivity contribution in [3.63, 3.8) is 0 Å². The van der Waals surface area contributed by atoms with Crippen molar-refractivity contribution >= 4 is 23.6 Å². The highest BCUT2D eigenvalue weighted by molar-refractivity contribution is 6.23. The maximum absolute atomic E-state index is 13.7. The van der Waals surface area contributed by atoms with Crippen molar-refractivity contribution < 1.29 is 38.5 Å². The van der Waals surface area contributed by atoms with E-state index >= 15 is 0 Å². The topological polar surface area (TPSA) is 170 Å². The summed E-state index contributed by atoms with van der Waals surface area (Å²) < 4.78 is 16.6. The van der Waals surface area contributed by atoms with E-state index in [1.165, 1.54) is 20.3 Å². The molecule has 5 N–H and O–H groups in total. The maximum atomic E-state index is 13.7. The fourth-order valence-electron chi connectivity index (χ4n) is 5.18. The van der Waals surface area contributed by atoms with Crippen LogP contribution >= 0.6 is 0 Å². The lowest BCUT2D eigenvalue weighted by molar-refractivity contribution is -0.120. The Morgan fingerprint density at radius 2 is 1.84 bits per heavy atom. The molecular formula is C32H48N4O8. The molecule has 12 heteroatoms. The van der Waals surface area contributed by atoms with E-state index in [4.69, 9.17) is 19.9 Å². The zero-order valence-corrected chi connectivity index (χ0v) is 27.0. The van der Waals surface area contributed by atoms with Crippen molar-refractivity contribution in [2.75, 3.05) is 41.4 Å². The second kappa shape index (κ2) is 17.0. The number of ether oxygens (including phenoxy) is 3. The average molecular weight is 617 g/mol. The van der Waals surface area contributed by atoms with Crippen LogP contribution in [0.25, 0.3) is 0 Å². The molecule has 0 aromatic heterocycles. The minimum Gasteiger partial charge on any atom is -0.439 e. The van der Waals surface area contributed by atoms with Gasteiger partial charge < -0.3 is 40.6 Å². The summed E-state index contributed by atoms with van der Waals surface area (Å²) in [5.41, 5.74) is 6.55. The second-order valence-corrected chi connectivity index (χ2v) is 11.7. The number of nitrogens with zero attached hydrogens (tertiary/aromatic N) is 1. The molecule has 44 heavy (non-hydrogen) atoms. The number of aliphatic hydroxyl groups is 1. The van der Waals surface area contributed by atoms with Gasteiger partial charge in [0.15, 0.2) is 6.10 Å². The Morgan fingerprint density at radius 3 is 2.43 bits per heavy atom. The summed E-state index contributed by atoms with van der Waals surface area (Å²) in [4.78, 5) is 53.7. The number of carbonyl (C=O) groups excluding carboxylic acids is 4. The third-order valence-corrected chi connectivity index (χ3v) is 7.65. The standard InChI is InChI=1S/C32H48N4O8/c1-18-14-22-27(34-12-13-36(5)6)24(37)17-23(29(22)39)35-31(40)19(2)10-9-11-25(42-7)30(44-32(33)41)21(4)16-20(3)28(38)26(15-18)43-8/h9-11,16-18,20,25-26,28,30,34,38H,12-15H2,1-8H3,(H2,33,41)(H,35,40)/t18-,20+,25+,26+,28-,30+/m1/s1. The van der Waals surface area contributed by atoms with Gasteiger partial charge in [0.25, 0.3) is 5.91 Å². The normalized spacial score (nSPS) is 27.9. The molecule has 0 aromatic rings. The number of methoxy groups -OCH3 is 2. The summed E-state index contributed by atoms with van der Waals surface area (Å²) in [6.07, 6.45) is 3.88. The van der Waals surface area contributed by atoms with Crippen LogP contribution in [-0.4, -0.2) is 99.4 Å². The van der Waals surface area contributed by atoms with Crippen LogP contribution in [0.1, 0.15) is 40.5 Å². The fraction of sp³-hybridized carbons (Fsp3) is 0.562. The predicted molar refractivity (Wildman–Crippen MR) is 166 cm³/mol. The van der Waals surface area contributed by atoms with Gasteiger partial charge in [0.05, 0.1) is 23.6 Å². The van der Waals surface area contributed by atoms with E-state index < -0.39 is 53.9 Å². The van der Waals surface area contributed by atoms with Gasteiger partial charge in [-0.15, -0.1) is 0 Å². The summed E-state index contributed by atoms with van der Waals surface area (Å²) >= 11 is 0. The van der Waals surface area contributed by atoms with Gasteiger partial charge in [-0.2, -0.15) is 0 Å². The Balaban J connectivity index is 2.60. The highest BCUT2D eigenvalue weighted by atomic mass is 16.6. The van der Waals surface area contributed by atoms with E-state index in [1.54, 1.807) is 32.1 Å². The zero-order chi connectivity index (χ0) is 33.1. The molecule has 2 amide bonds. The number of fused-ring (bicyclic) bond motifs is 2. The lowest BCUT2D eigenvalue weighted by Gasteiger charge is -2.30. The van der Waals surface area contributed by atoms with Crippen molar-refractivity contribution in [2.45, 2.75) is 65.0 Å². The van der Waals surface area contributed by atoms with E-state index in [2.05, 4.69) is 10.6 Å². The molecule has 0 saturated heterocycles. The van der Waals surface area contributed by atoms with E-state index in [1.807, 2.05) is 32.8 Å². The molecule has 1 heterocycles. The molecule has 0 saturated carbocycles. The first-order valence-electron chi connectivity index (χ1n) is 14.7. The van der Waals surface area contributed by atoms with E-state index in [9.17, 15) is 24.3 Å². The Morgan fingerprint density at radius 1 is 1.16 bits per heavy atom. The van der Waals surface area contributed by atoms with Gasteiger partial charge in [-0.1, -0.05) is 38.2 Å². The molecule has 0 spiro atoms. The van der Waals surface area contributed by atoms with Gasteiger partial charge in [0.2, 0.25) is 11.6 Å². The molecule has 0 unspecified atom stereocenters. The lowest BCUT2D eigenvalue weighted by atomic mass is 9.85. The van der Waals surface area contributed by atoms with Gasteiger partial charge in [0.1, 0.15) is 6.10 Å². The summed E-state index contributed by atoms with van der Waals surface area (Å²) in [5.74, 6) is -2.06. The maximum Gasteiger partial charge on any atom is 0.405 e. The van der Waals surface area contributed by atoms with Gasteiger partial charge in [-0.3, -0.25) is 14.4 Å². The number of aliphatic hydroxyl groups excluding tert-OH is 1. The number of nitrogens with two attached hydrogens (primary N) is 1. The molecular weight excluding hydrogens is 568 g/mol. The molecule has 2 bridgehead atoms. The molecule has 2 aliphatic rings. The Labute approximate surface area is 260 Å². The molecule has 6 atom stereocenters. The molecule has 0 radical (unpaired) electrons. The summed E-state index contributed by atoms with van der Waals surface area (Å²) in [7, 11) is 6.74. The molecule has 2 rings (SSSR count). The van der Waals surface area contributed by atoms with Crippen LogP contribution in [0.3, 0.4) is 0 Å². The van der Waals surface area contributed by atoms with E-state index in [-0.39, 0.29) is 34.9 Å². The number of rotatable bonds is 7. The van der Waals surface area contributed by atoms with Crippen molar-refractivity contribution in [1.29, 1.82) is 0 Å². The van der Waals surface area contributed by atoms with Crippen LogP contribution in [0, 0.1) is 11.8 Å². The number of Topliss-reactive ketones (excluding diaryl/α,β-unsaturated/α-hetero) is 1. The van der Waals surface area contributed by atoms with Gasteiger partial charge in [-0.05, 0) is 52.3 Å². The van der Waals surface area contributed by atoms with Crippen LogP contribution in [0.15, 0.2) is 58.5 Å². The van der Waals surface area contributed by atoms with Crippen LogP contribution in [0.2, 0.25) is 0 Å². The SMILES string of the molecule is CO[C@H]1C=CC=C(C)C(=O)NC2=CC(=O)C(NCCN(C)C)=C(C[C@@H](C)C[C@H](OC)[C@H](O)[C@@H](C)C=C(C)[C@@H]1OC(N)=O)C2=O. The van der Waals surface area contributed by atoms with Crippen molar-refractivity contribution in [2.24, 2.45) is 17.6 Å². The van der Waals surface area contributed by atoms with E-state index in [0.717, 1.165) is 6.08 Å². The number of primary amides is 1. The number of nitrogens with one attached hydrogen (secondary N) is 2. The number of allylic oxidation sites excluding steroid dienone is 4. The number of likely N-dealkylation sites (N-methyl/N-ethyl adjacent to an activating group) is 1. The minimum atomic E-state index is -0.997. The molecule has 0 fully saturated rings. The summed E-state index contributed by atoms with van der Waals surface area (Å²) in [6.45, 7) is 8.09. The number of amides is 2. The Hall–Kier alpha value is -3.58. The Bertz CT molecular complexity index is 1230. The molecule has 244 valence electrons. The van der Waals surface area contributed by atoms with Crippen LogP contribution in [0.5, 0.6) is 0 Å². The van der Waals surface area contributed by atoms with Crippen LogP contribution < -0.4 is 16.4 Å². The minimum absolute atomic E-state index is 0.114. The van der Waals surface area contributed by atoms with Crippen molar-refractivity contribution in [3.05, 3.63) is 58.5 Å². The first-order valence-corrected chi connectivity index (χ1v) is 14.7. The van der Waals surface area contributed by atoms with Crippen molar-refractivity contribution in [1.82, 2.24) is 15.5 Å². The zero-order valence-electron chi connectivity index (χ0n) is 27.0. The summed E-state index contributed by atoms with van der Waals surface area (Å²) in [5, 5.41) is 17.0. The third kappa shape index (κ3) is 10.3. The number of hydrogen-bond donors (Lipinski definition) is 4. The third-order valence-electron chi connectivity index (χ3n) is 7.65. The smallest absolute Gasteiger partial charge is 0.405 e. The first kappa shape index (κ1) is 36.6. The van der Waals surface area contributed by atoms with Gasteiger partial charge >= 0.3 is 6.09 Å². The lowest BCUT2D eigenvalue weighted by Crippen LogP contribution is -2.38. The number of hydrogen-bond acceptors (Lipinski definition) is 10. The van der Waals surface area contributed by atoms with Crippen molar-refractivity contribution in [3.8, 4) is 0 Å². The fourth-order valence-corrected chi connectivity index (χ4v) is 5.18. The van der Waals surface area contributed by atoms with E-state index in [0.29, 0.717) is 25.1 Å². The second-order valence-electron chi connectivity index (χ2n) is 11.7. The van der Waals surface area contributed by atoms with Gasteiger partial charge in [0, 0.05) is 50.4 Å². The Kier molecular flexibility index (Phi) is 14.2. The molecule has 1 aliphatic carbocycles. The first-order chi connectivity index (χ1) is 20.7. The highest BCUT2D eigenvalue weighted by Gasteiger charge is 2.33. The number of ketones is 2. The highest BCUT2D eigenvalue weighted by Crippen LogP contribution is 2.28. The molecule has 12 nitrogen and oxygen atoms in total. The summed E-state index contributed by atoms with van der Waals surface area (Å²) in [6, 6.07) is 0. The number of carbonyl (C=O) groups is 4. The quantitative estimate of drug-likeness (QED) is 0.245. The average Bonchev–Trinajstić information content (AvgIpc) is 2.95. The molecule has 0 aromatic carbocycles.